The average molecular weight is 284 g/mol. The van der Waals surface area contributed by atoms with Crippen LogP contribution < -0.4 is 10.6 Å². The fourth-order valence-corrected chi connectivity index (χ4v) is 2.95. The largest absolute Gasteiger partial charge is 0.394 e. The zero-order valence-electron chi connectivity index (χ0n) is 11.9. The molecule has 1 aromatic heterocycles. The zero-order valence-corrected chi connectivity index (χ0v) is 12.6. The van der Waals surface area contributed by atoms with Gasteiger partial charge in [0, 0.05) is 19.6 Å². The normalized spacial score (nSPS) is 19.9. The number of aromatic nitrogens is 2. The van der Waals surface area contributed by atoms with E-state index in [0.29, 0.717) is 11.7 Å². The van der Waals surface area contributed by atoms with Crippen molar-refractivity contribution >= 4 is 23.1 Å². The summed E-state index contributed by atoms with van der Waals surface area (Å²) in [5.41, 5.74) is 7.41. The molecule has 0 radical (unpaired) electrons. The second-order valence-electron chi connectivity index (χ2n) is 5.12. The summed E-state index contributed by atoms with van der Waals surface area (Å²) in [6, 6.07) is 0.573. The van der Waals surface area contributed by atoms with E-state index in [-0.39, 0.29) is 5.28 Å². The van der Waals surface area contributed by atoms with Crippen molar-refractivity contribution in [1.29, 1.82) is 0 Å². The number of rotatable bonds is 4. The lowest BCUT2D eigenvalue weighted by Gasteiger charge is -2.29. The number of hydrogen-bond acceptors (Lipinski definition) is 5. The Kier molecular flexibility index (Phi) is 4.47. The number of likely N-dealkylation sites (N-methyl/N-ethyl adjacent to an activating group) is 2. The van der Waals surface area contributed by atoms with Gasteiger partial charge >= 0.3 is 0 Å². The molecule has 6 heteroatoms. The van der Waals surface area contributed by atoms with Crippen molar-refractivity contribution in [1.82, 2.24) is 14.9 Å². The minimum atomic E-state index is 0.257. The summed E-state index contributed by atoms with van der Waals surface area (Å²) in [5, 5.41) is 0.257. The summed E-state index contributed by atoms with van der Waals surface area (Å²) in [5.74, 6) is 0.737. The van der Waals surface area contributed by atoms with Crippen LogP contribution in [0.1, 0.15) is 25.5 Å². The SMILES string of the molecule is CCN1CCCC1CN(C)c1nc(Cl)nc(C)c1N. The van der Waals surface area contributed by atoms with Crippen molar-refractivity contribution in [3.05, 3.63) is 11.0 Å². The Morgan fingerprint density at radius 2 is 2.21 bits per heavy atom. The Labute approximate surface area is 119 Å². The van der Waals surface area contributed by atoms with Crippen molar-refractivity contribution in [3.8, 4) is 0 Å². The second kappa shape index (κ2) is 5.92. The number of aryl methyl sites for hydroxylation is 1. The van der Waals surface area contributed by atoms with Crippen LogP contribution in [0.15, 0.2) is 0 Å². The third-order valence-electron chi connectivity index (χ3n) is 3.84. The van der Waals surface area contributed by atoms with Gasteiger partial charge in [-0.1, -0.05) is 6.92 Å². The van der Waals surface area contributed by atoms with Crippen LogP contribution >= 0.6 is 11.6 Å². The van der Waals surface area contributed by atoms with E-state index in [1.807, 2.05) is 14.0 Å². The van der Waals surface area contributed by atoms with Gasteiger partial charge in [0.25, 0.3) is 0 Å². The van der Waals surface area contributed by atoms with Crippen molar-refractivity contribution in [2.75, 3.05) is 37.3 Å². The number of nitrogens with two attached hydrogens (primary N) is 1. The molecule has 1 saturated heterocycles. The smallest absolute Gasteiger partial charge is 0.224 e. The summed E-state index contributed by atoms with van der Waals surface area (Å²) in [6.45, 7) is 7.27. The van der Waals surface area contributed by atoms with Gasteiger partial charge in [-0.3, -0.25) is 4.90 Å². The lowest BCUT2D eigenvalue weighted by Crippen LogP contribution is -2.39. The van der Waals surface area contributed by atoms with Crippen LogP contribution in [-0.4, -0.2) is 47.6 Å². The molecule has 0 aromatic carbocycles. The third-order valence-corrected chi connectivity index (χ3v) is 4.01. The highest BCUT2D eigenvalue weighted by Gasteiger charge is 2.25. The molecule has 0 aliphatic carbocycles. The molecule has 0 spiro atoms. The molecule has 1 aliphatic rings. The van der Waals surface area contributed by atoms with Crippen molar-refractivity contribution in [2.24, 2.45) is 0 Å². The standard InChI is InChI=1S/C13H22ClN5/c1-4-19-7-5-6-10(19)8-18(3)12-11(15)9(2)16-13(14)17-12/h10H,4-8,15H2,1-3H3. The first-order chi connectivity index (χ1) is 9.02. The van der Waals surface area contributed by atoms with Crippen molar-refractivity contribution < 1.29 is 0 Å². The topological polar surface area (TPSA) is 58.3 Å². The van der Waals surface area contributed by atoms with Crippen LogP contribution in [0.5, 0.6) is 0 Å². The quantitative estimate of drug-likeness (QED) is 0.856. The highest BCUT2D eigenvalue weighted by Crippen LogP contribution is 2.26. The molecule has 2 N–H and O–H groups in total. The number of likely N-dealkylation sites (tertiary alicyclic amines) is 1. The average Bonchev–Trinajstić information content (AvgIpc) is 2.80. The Bertz CT molecular complexity index is 451. The van der Waals surface area contributed by atoms with Crippen molar-refractivity contribution in [3.63, 3.8) is 0 Å². The predicted molar refractivity (Wildman–Crippen MR) is 79.7 cm³/mol. The summed E-state index contributed by atoms with van der Waals surface area (Å²) in [4.78, 5) is 12.9. The summed E-state index contributed by atoms with van der Waals surface area (Å²) in [7, 11) is 2.01. The zero-order chi connectivity index (χ0) is 14.0. The number of nitrogens with zero attached hydrogens (tertiary/aromatic N) is 4. The predicted octanol–water partition coefficient (Wildman–Crippen LogP) is 1.94. The Morgan fingerprint density at radius 3 is 2.89 bits per heavy atom. The van der Waals surface area contributed by atoms with E-state index in [0.717, 1.165) is 24.6 Å². The monoisotopic (exact) mass is 283 g/mol. The van der Waals surface area contributed by atoms with Crippen LogP contribution in [0, 0.1) is 6.92 Å². The number of halogens is 1. The highest BCUT2D eigenvalue weighted by molar-refractivity contribution is 6.28. The van der Waals surface area contributed by atoms with E-state index in [1.54, 1.807) is 0 Å². The van der Waals surface area contributed by atoms with Crippen LogP contribution in [0.2, 0.25) is 5.28 Å². The molecule has 0 amide bonds. The molecule has 1 atom stereocenters. The van der Waals surface area contributed by atoms with Gasteiger partial charge in [-0.2, -0.15) is 4.98 Å². The first-order valence-corrected chi connectivity index (χ1v) is 7.15. The molecule has 0 bridgehead atoms. The first kappa shape index (κ1) is 14.3. The minimum absolute atomic E-state index is 0.257. The van der Waals surface area contributed by atoms with Gasteiger partial charge in [0.2, 0.25) is 5.28 Å². The number of hydrogen-bond donors (Lipinski definition) is 1. The molecular formula is C13H22ClN5. The highest BCUT2D eigenvalue weighted by atomic mass is 35.5. The van der Waals surface area contributed by atoms with E-state index in [2.05, 4.69) is 26.7 Å². The maximum absolute atomic E-state index is 6.05. The molecule has 106 valence electrons. The summed E-state index contributed by atoms with van der Waals surface area (Å²) >= 11 is 5.92. The molecule has 5 nitrogen and oxygen atoms in total. The molecule has 19 heavy (non-hydrogen) atoms. The van der Waals surface area contributed by atoms with E-state index in [1.165, 1.54) is 19.4 Å². The first-order valence-electron chi connectivity index (χ1n) is 6.77. The second-order valence-corrected chi connectivity index (χ2v) is 5.46. The van der Waals surface area contributed by atoms with Gasteiger partial charge in [0.15, 0.2) is 5.82 Å². The Balaban J connectivity index is 2.13. The number of nitrogen functional groups attached to an aromatic ring is 1. The van der Waals surface area contributed by atoms with Gasteiger partial charge in [-0.25, -0.2) is 4.98 Å². The fraction of sp³-hybridized carbons (Fsp3) is 0.692. The Morgan fingerprint density at radius 1 is 1.47 bits per heavy atom. The van der Waals surface area contributed by atoms with Gasteiger partial charge < -0.3 is 10.6 Å². The lowest BCUT2D eigenvalue weighted by molar-refractivity contribution is 0.270. The minimum Gasteiger partial charge on any atom is -0.394 e. The lowest BCUT2D eigenvalue weighted by atomic mass is 10.2. The van der Waals surface area contributed by atoms with E-state index >= 15 is 0 Å². The molecule has 1 unspecified atom stereocenters. The summed E-state index contributed by atoms with van der Waals surface area (Å²) in [6.07, 6.45) is 2.50. The molecule has 2 heterocycles. The molecule has 2 rings (SSSR count). The van der Waals surface area contributed by atoms with Crippen LogP contribution in [0.4, 0.5) is 11.5 Å². The Hall–Kier alpha value is -1.07. The number of anilines is 2. The maximum atomic E-state index is 6.05. The molecule has 1 aliphatic heterocycles. The van der Waals surface area contributed by atoms with Gasteiger partial charge in [0.1, 0.15) is 0 Å². The summed E-state index contributed by atoms with van der Waals surface area (Å²) < 4.78 is 0. The van der Waals surface area contributed by atoms with Crippen LogP contribution in [-0.2, 0) is 0 Å². The third kappa shape index (κ3) is 3.09. The molecule has 1 fully saturated rings. The van der Waals surface area contributed by atoms with E-state index < -0.39 is 0 Å². The fourth-order valence-electron chi connectivity index (χ4n) is 2.74. The van der Waals surface area contributed by atoms with E-state index in [4.69, 9.17) is 17.3 Å². The molecule has 0 saturated carbocycles. The molecule has 1 aromatic rings. The molecular weight excluding hydrogens is 262 g/mol. The van der Waals surface area contributed by atoms with Crippen LogP contribution in [0.3, 0.4) is 0 Å². The van der Waals surface area contributed by atoms with Gasteiger partial charge in [-0.05, 0) is 44.5 Å². The maximum Gasteiger partial charge on any atom is 0.224 e. The van der Waals surface area contributed by atoms with E-state index in [9.17, 15) is 0 Å². The van der Waals surface area contributed by atoms with Gasteiger partial charge in [-0.15, -0.1) is 0 Å². The van der Waals surface area contributed by atoms with Gasteiger partial charge in [0.05, 0.1) is 11.4 Å². The van der Waals surface area contributed by atoms with Crippen molar-refractivity contribution in [2.45, 2.75) is 32.7 Å². The van der Waals surface area contributed by atoms with Crippen LogP contribution in [0.25, 0.3) is 0 Å².